The van der Waals surface area contributed by atoms with Crippen molar-refractivity contribution in [1.29, 1.82) is 0 Å². The molecule has 0 aliphatic carbocycles. The SMILES string of the molecule is CC(C)CC[C@]1(C)NC(=O)N(CC(=O)Nc2cc(Cl)cc(Cl)c2)C1=O. The number of benzene rings is 1. The third-order valence-electron chi connectivity index (χ3n) is 4.01. The van der Waals surface area contributed by atoms with Gasteiger partial charge in [-0.25, -0.2) is 4.79 Å². The quantitative estimate of drug-likeness (QED) is 0.733. The highest BCUT2D eigenvalue weighted by Crippen LogP contribution is 2.25. The Morgan fingerprint density at radius 2 is 1.84 bits per heavy atom. The molecule has 1 aromatic carbocycles. The van der Waals surface area contributed by atoms with E-state index in [0.29, 0.717) is 28.1 Å². The summed E-state index contributed by atoms with van der Waals surface area (Å²) in [5.74, 6) is -0.487. The summed E-state index contributed by atoms with van der Waals surface area (Å²) in [4.78, 5) is 37.8. The van der Waals surface area contributed by atoms with Crippen LogP contribution in [0.2, 0.25) is 10.0 Å². The molecule has 8 heteroatoms. The molecule has 0 unspecified atom stereocenters. The molecule has 1 atom stereocenters. The van der Waals surface area contributed by atoms with Crippen LogP contribution in [0.5, 0.6) is 0 Å². The van der Waals surface area contributed by atoms with Crippen LogP contribution in [0.1, 0.15) is 33.6 Å². The monoisotopic (exact) mass is 385 g/mol. The molecule has 0 aromatic heterocycles. The van der Waals surface area contributed by atoms with Gasteiger partial charge in [0, 0.05) is 15.7 Å². The number of nitrogens with one attached hydrogen (secondary N) is 2. The van der Waals surface area contributed by atoms with E-state index >= 15 is 0 Å². The Morgan fingerprint density at radius 1 is 1.24 bits per heavy atom. The molecule has 4 amide bonds. The summed E-state index contributed by atoms with van der Waals surface area (Å²) in [7, 11) is 0. The minimum Gasteiger partial charge on any atom is -0.324 e. The van der Waals surface area contributed by atoms with Crippen molar-refractivity contribution < 1.29 is 14.4 Å². The number of imide groups is 1. The molecule has 1 fully saturated rings. The van der Waals surface area contributed by atoms with Crippen LogP contribution in [0.25, 0.3) is 0 Å². The van der Waals surface area contributed by atoms with Crippen molar-refractivity contribution in [3.05, 3.63) is 28.2 Å². The fraction of sp³-hybridized carbons (Fsp3) is 0.471. The van der Waals surface area contributed by atoms with Crippen molar-refractivity contribution >= 4 is 46.7 Å². The van der Waals surface area contributed by atoms with Gasteiger partial charge in [0.15, 0.2) is 0 Å². The fourth-order valence-electron chi connectivity index (χ4n) is 2.61. The lowest BCUT2D eigenvalue weighted by atomic mass is 9.92. The zero-order valence-electron chi connectivity index (χ0n) is 14.4. The van der Waals surface area contributed by atoms with E-state index in [1.165, 1.54) is 18.2 Å². The van der Waals surface area contributed by atoms with Gasteiger partial charge in [-0.1, -0.05) is 37.0 Å². The summed E-state index contributed by atoms with van der Waals surface area (Å²) in [6.07, 6.45) is 1.32. The molecule has 6 nitrogen and oxygen atoms in total. The molecule has 0 radical (unpaired) electrons. The van der Waals surface area contributed by atoms with E-state index in [4.69, 9.17) is 23.2 Å². The minimum atomic E-state index is -0.971. The number of rotatable bonds is 6. The third kappa shape index (κ3) is 4.86. The van der Waals surface area contributed by atoms with Gasteiger partial charge >= 0.3 is 6.03 Å². The Morgan fingerprint density at radius 3 is 2.40 bits per heavy atom. The van der Waals surface area contributed by atoms with Gasteiger partial charge in [-0.3, -0.25) is 14.5 Å². The van der Waals surface area contributed by atoms with E-state index in [0.717, 1.165) is 11.3 Å². The van der Waals surface area contributed by atoms with Crippen LogP contribution in [-0.4, -0.2) is 34.8 Å². The van der Waals surface area contributed by atoms with Crippen molar-refractivity contribution in [2.45, 2.75) is 39.2 Å². The van der Waals surface area contributed by atoms with Crippen LogP contribution < -0.4 is 10.6 Å². The van der Waals surface area contributed by atoms with Gasteiger partial charge in [0.05, 0.1) is 0 Å². The fourth-order valence-corrected chi connectivity index (χ4v) is 3.13. The summed E-state index contributed by atoms with van der Waals surface area (Å²) in [6, 6.07) is 4.04. The van der Waals surface area contributed by atoms with E-state index in [2.05, 4.69) is 10.6 Å². The van der Waals surface area contributed by atoms with Gasteiger partial charge in [0.2, 0.25) is 5.91 Å². The van der Waals surface area contributed by atoms with Crippen LogP contribution in [0.15, 0.2) is 18.2 Å². The number of urea groups is 1. The number of halogens is 2. The van der Waals surface area contributed by atoms with Gasteiger partial charge in [0.1, 0.15) is 12.1 Å². The zero-order chi connectivity index (χ0) is 18.8. The highest BCUT2D eigenvalue weighted by Gasteiger charge is 2.47. The molecule has 1 aromatic rings. The minimum absolute atomic E-state index is 0.369. The predicted octanol–water partition coefficient (Wildman–Crippen LogP) is 3.68. The summed E-state index contributed by atoms with van der Waals surface area (Å²) in [5.41, 5.74) is -0.571. The number of nitrogens with zero attached hydrogens (tertiary/aromatic N) is 1. The standard InChI is InChI=1S/C17H21Cl2N3O3/c1-10(2)4-5-17(3)15(24)22(16(25)21-17)9-14(23)20-13-7-11(18)6-12(19)8-13/h6-8,10H,4-5,9H2,1-3H3,(H,20,23)(H,21,25)/t17-/m0/s1. The summed E-state index contributed by atoms with van der Waals surface area (Å²) in [5, 5.41) is 6.02. The molecule has 1 saturated heterocycles. The van der Waals surface area contributed by atoms with E-state index in [1.54, 1.807) is 6.92 Å². The van der Waals surface area contributed by atoms with E-state index in [9.17, 15) is 14.4 Å². The topological polar surface area (TPSA) is 78.5 Å². The normalized spacial score (nSPS) is 20.2. The van der Waals surface area contributed by atoms with Gasteiger partial charge in [-0.05, 0) is 43.9 Å². The summed E-state index contributed by atoms with van der Waals surface area (Å²) < 4.78 is 0. The molecule has 1 aliphatic rings. The lowest BCUT2D eigenvalue weighted by molar-refractivity contribution is -0.133. The Kier molecular flexibility index (Phi) is 5.95. The Hall–Kier alpha value is -1.79. The van der Waals surface area contributed by atoms with Crippen molar-refractivity contribution in [3.63, 3.8) is 0 Å². The van der Waals surface area contributed by atoms with Crippen LogP contribution in [0.3, 0.4) is 0 Å². The van der Waals surface area contributed by atoms with Crippen LogP contribution >= 0.6 is 23.2 Å². The number of carbonyl (C=O) groups excluding carboxylic acids is 3. The zero-order valence-corrected chi connectivity index (χ0v) is 15.9. The summed E-state index contributed by atoms with van der Waals surface area (Å²) >= 11 is 11.8. The number of hydrogen-bond donors (Lipinski definition) is 2. The van der Waals surface area contributed by atoms with Gasteiger partial charge in [-0.15, -0.1) is 0 Å². The molecule has 136 valence electrons. The number of hydrogen-bond acceptors (Lipinski definition) is 3. The number of carbonyl (C=O) groups is 3. The first kappa shape index (κ1) is 19.5. The average Bonchev–Trinajstić information content (AvgIpc) is 2.68. The van der Waals surface area contributed by atoms with E-state index < -0.39 is 23.4 Å². The van der Waals surface area contributed by atoms with Crippen molar-refractivity contribution in [2.24, 2.45) is 5.92 Å². The smallest absolute Gasteiger partial charge is 0.324 e. The van der Waals surface area contributed by atoms with Gasteiger partial charge in [-0.2, -0.15) is 0 Å². The Bertz CT molecular complexity index is 688. The lowest BCUT2D eigenvalue weighted by Gasteiger charge is -2.22. The van der Waals surface area contributed by atoms with Crippen molar-refractivity contribution in [1.82, 2.24) is 10.2 Å². The molecule has 2 rings (SSSR count). The van der Waals surface area contributed by atoms with Crippen molar-refractivity contribution in [2.75, 3.05) is 11.9 Å². The summed E-state index contributed by atoms with van der Waals surface area (Å²) in [6.45, 7) is 5.41. The number of anilines is 1. The number of amides is 4. The Labute approximate surface area is 156 Å². The first-order chi connectivity index (χ1) is 11.6. The molecule has 0 spiro atoms. The first-order valence-corrected chi connectivity index (χ1v) is 8.76. The highest BCUT2D eigenvalue weighted by atomic mass is 35.5. The second kappa shape index (κ2) is 7.62. The molecular formula is C17H21Cl2N3O3. The second-order valence-corrected chi connectivity index (χ2v) is 7.67. The highest BCUT2D eigenvalue weighted by molar-refractivity contribution is 6.35. The maximum absolute atomic E-state index is 12.6. The van der Waals surface area contributed by atoms with E-state index in [-0.39, 0.29) is 6.54 Å². The largest absolute Gasteiger partial charge is 0.325 e. The predicted molar refractivity (Wildman–Crippen MR) is 97.8 cm³/mol. The maximum atomic E-state index is 12.6. The van der Waals surface area contributed by atoms with Crippen LogP contribution in [-0.2, 0) is 9.59 Å². The van der Waals surface area contributed by atoms with Crippen molar-refractivity contribution in [3.8, 4) is 0 Å². The van der Waals surface area contributed by atoms with Crippen LogP contribution in [0.4, 0.5) is 10.5 Å². The van der Waals surface area contributed by atoms with E-state index in [1.807, 2.05) is 13.8 Å². The third-order valence-corrected chi connectivity index (χ3v) is 4.45. The first-order valence-electron chi connectivity index (χ1n) is 8.01. The molecule has 0 bridgehead atoms. The second-order valence-electron chi connectivity index (χ2n) is 6.79. The Balaban J connectivity index is 2.02. The molecular weight excluding hydrogens is 365 g/mol. The van der Waals surface area contributed by atoms with Crippen LogP contribution in [0, 0.1) is 5.92 Å². The average molecular weight is 386 g/mol. The molecule has 2 N–H and O–H groups in total. The van der Waals surface area contributed by atoms with Gasteiger partial charge in [0.25, 0.3) is 5.91 Å². The lowest BCUT2D eigenvalue weighted by Crippen LogP contribution is -2.44. The molecule has 1 aliphatic heterocycles. The van der Waals surface area contributed by atoms with Gasteiger partial charge < -0.3 is 10.6 Å². The molecule has 0 saturated carbocycles. The molecule has 25 heavy (non-hydrogen) atoms. The maximum Gasteiger partial charge on any atom is 0.325 e. The molecule has 1 heterocycles.